The van der Waals surface area contributed by atoms with E-state index >= 15 is 0 Å². The Morgan fingerprint density at radius 2 is 1.75 bits per heavy atom. The Morgan fingerprint density at radius 3 is 2.50 bits per heavy atom. The number of hydrogen-bond acceptors (Lipinski definition) is 3. The fourth-order valence-electron chi connectivity index (χ4n) is 4.04. The van der Waals surface area contributed by atoms with Gasteiger partial charge >= 0.3 is 0 Å². The van der Waals surface area contributed by atoms with Crippen molar-refractivity contribution in [3.05, 3.63) is 59.7 Å². The normalized spacial score (nSPS) is 17.7. The van der Waals surface area contributed by atoms with Crippen molar-refractivity contribution in [3.63, 3.8) is 0 Å². The van der Waals surface area contributed by atoms with Crippen LogP contribution < -0.4 is 4.90 Å². The molecule has 1 aromatic heterocycles. The molecule has 5 nitrogen and oxygen atoms in total. The second-order valence-electron chi connectivity index (χ2n) is 7.60. The minimum Gasteiger partial charge on any atom is -0.369 e. The average Bonchev–Trinajstić information content (AvgIpc) is 3.01. The highest BCUT2D eigenvalue weighted by Crippen LogP contribution is 2.19. The molecule has 2 aromatic rings. The van der Waals surface area contributed by atoms with Crippen LogP contribution in [0.4, 0.5) is 10.1 Å². The number of piperazine rings is 1. The van der Waals surface area contributed by atoms with Gasteiger partial charge in [-0.25, -0.2) is 4.39 Å². The van der Waals surface area contributed by atoms with Gasteiger partial charge in [0.1, 0.15) is 5.82 Å². The standard InChI is InChI=1S/C22H27FN4O/c1-24-16-18-4-2-10-27(22(28)21(18)17-24)11-3-9-25-12-14-26(15-13-25)20-7-5-19(23)6-8-20/h2,4-8,16-17H,3,9-15H2,1H3. The molecule has 0 atom stereocenters. The molecule has 4 rings (SSSR count). The largest absolute Gasteiger partial charge is 0.369 e. The van der Waals surface area contributed by atoms with E-state index in [4.69, 9.17) is 0 Å². The zero-order valence-corrected chi connectivity index (χ0v) is 16.4. The van der Waals surface area contributed by atoms with E-state index < -0.39 is 0 Å². The topological polar surface area (TPSA) is 31.7 Å². The number of nitrogens with zero attached hydrogens (tertiary/aromatic N) is 4. The summed E-state index contributed by atoms with van der Waals surface area (Å²) < 4.78 is 15.0. The van der Waals surface area contributed by atoms with E-state index in [0.717, 1.165) is 62.5 Å². The first kappa shape index (κ1) is 18.7. The Bertz CT molecular complexity index is 850. The first-order chi connectivity index (χ1) is 13.6. The lowest BCUT2D eigenvalue weighted by atomic mass is 10.2. The maximum Gasteiger partial charge on any atom is 0.256 e. The van der Waals surface area contributed by atoms with Gasteiger partial charge in [-0.3, -0.25) is 9.69 Å². The highest BCUT2D eigenvalue weighted by atomic mass is 19.1. The molecule has 0 aliphatic carbocycles. The number of aromatic nitrogens is 1. The van der Waals surface area contributed by atoms with Crippen LogP contribution in [0.1, 0.15) is 22.3 Å². The lowest BCUT2D eigenvalue weighted by molar-refractivity contribution is 0.0767. The van der Waals surface area contributed by atoms with E-state index in [2.05, 4.69) is 15.9 Å². The molecule has 0 N–H and O–H groups in total. The van der Waals surface area contributed by atoms with Crippen molar-refractivity contribution in [1.82, 2.24) is 14.4 Å². The number of carbonyl (C=O) groups excluding carboxylic acids is 1. The van der Waals surface area contributed by atoms with E-state index in [-0.39, 0.29) is 11.7 Å². The fraction of sp³-hybridized carbons (Fsp3) is 0.409. The molecule has 0 radical (unpaired) electrons. The van der Waals surface area contributed by atoms with Crippen LogP contribution in [-0.2, 0) is 7.05 Å². The van der Waals surface area contributed by atoms with Gasteiger partial charge in [-0.15, -0.1) is 0 Å². The molecule has 0 spiro atoms. The van der Waals surface area contributed by atoms with Crippen molar-refractivity contribution in [2.24, 2.45) is 7.05 Å². The number of rotatable bonds is 5. The molecule has 1 aromatic carbocycles. The van der Waals surface area contributed by atoms with Crippen molar-refractivity contribution < 1.29 is 9.18 Å². The molecule has 0 saturated carbocycles. The van der Waals surface area contributed by atoms with Crippen LogP contribution in [0.15, 0.2) is 42.7 Å². The van der Waals surface area contributed by atoms with Crippen molar-refractivity contribution in [1.29, 1.82) is 0 Å². The average molecular weight is 382 g/mol. The quantitative estimate of drug-likeness (QED) is 0.797. The molecule has 1 saturated heterocycles. The fourth-order valence-corrected chi connectivity index (χ4v) is 4.04. The third kappa shape index (κ3) is 4.12. The van der Waals surface area contributed by atoms with Gasteiger partial charge in [0.05, 0.1) is 5.56 Å². The number of fused-ring (bicyclic) bond motifs is 1. The van der Waals surface area contributed by atoms with Crippen LogP contribution in [0, 0.1) is 5.82 Å². The predicted molar refractivity (Wildman–Crippen MR) is 110 cm³/mol. The van der Waals surface area contributed by atoms with E-state index in [1.807, 2.05) is 47.1 Å². The highest BCUT2D eigenvalue weighted by molar-refractivity contribution is 5.98. The Kier molecular flexibility index (Phi) is 5.48. The zero-order chi connectivity index (χ0) is 19.5. The van der Waals surface area contributed by atoms with Gasteiger partial charge < -0.3 is 14.4 Å². The summed E-state index contributed by atoms with van der Waals surface area (Å²) in [4.78, 5) is 19.5. The SMILES string of the molecule is Cn1cc2c(c1)C(=O)N(CCCN1CCN(c3ccc(F)cc3)CC1)CC=C2. The van der Waals surface area contributed by atoms with Crippen molar-refractivity contribution in [2.45, 2.75) is 6.42 Å². The summed E-state index contributed by atoms with van der Waals surface area (Å²) in [7, 11) is 1.95. The smallest absolute Gasteiger partial charge is 0.256 e. The second-order valence-corrected chi connectivity index (χ2v) is 7.60. The van der Waals surface area contributed by atoms with Crippen LogP contribution in [0.3, 0.4) is 0 Å². The summed E-state index contributed by atoms with van der Waals surface area (Å²) in [5.74, 6) is -0.0651. The minimum atomic E-state index is -0.192. The lowest BCUT2D eigenvalue weighted by Gasteiger charge is -2.36. The summed E-state index contributed by atoms with van der Waals surface area (Å²) in [5.41, 5.74) is 2.89. The van der Waals surface area contributed by atoms with E-state index in [1.54, 1.807) is 0 Å². The Balaban J connectivity index is 1.24. The van der Waals surface area contributed by atoms with Crippen LogP contribution in [0.25, 0.3) is 6.08 Å². The van der Waals surface area contributed by atoms with Gasteiger partial charge in [-0.05, 0) is 37.2 Å². The number of aryl methyl sites for hydroxylation is 1. The van der Waals surface area contributed by atoms with Crippen molar-refractivity contribution >= 4 is 17.7 Å². The zero-order valence-electron chi connectivity index (χ0n) is 16.4. The molecule has 2 aliphatic rings. The molecular formula is C22H27FN4O. The molecule has 1 fully saturated rings. The number of hydrogen-bond donors (Lipinski definition) is 0. The number of carbonyl (C=O) groups is 1. The van der Waals surface area contributed by atoms with Gasteiger partial charge in [0.2, 0.25) is 0 Å². The third-order valence-electron chi connectivity index (χ3n) is 5.59. The van der Waals surface area contributed by atoms with E-state index in [1.165, 1.54) is 12.1 Å². The number of halogens is 1. The summed E-state index contributed by atoms with van der Waals surface area (Å²) in [6.07, 6.45) is 8.99. The molecule has 0 unspecified atom stereocenters. The Morgan fingerprint density at radius 1 is 1.00 bits per heavy atom. The lowest BCUT2D eigenvalue weighted by Crippen LogP contribution is -2.47. The molecule has 1 amide bonds. The summed E-state index contributed by atoms with van der Waals surface area (Å²) in [5, 5.41) is 0. The molecule has 0 bridgehead atoms. The van der Waals surface area contributed by atoms with Gasteiger partial charge in [0.15, 0.2) is 0 Å². The molecule has 148 valence electrons. The minimum absolute atomic E-state index is 0.127. The van der Waals surface area contributed by atoms with Crippen LogP contribution in [0.2, 0.25) is 0 Å². The molecular weight excluding hydrogens is 355 g/mol. The number of amides is 1. The van der Waals surface area contributed by atoms with Gasteiger partial charge in [-0.1, -0.05) is 12.2 Å². The van der Waals surface area contributed by atoms with Crippen LogP contribution >= 0.6 is 0 Å². The summed E-state index contributed by atoms with van der Waals surface area (Å²) >= 11 is 0. The van der Waals surface area contributed by atoms with Crippen molar-refractivity contribution in [3.8, 4) is 0 Å². The van der Waals surface area contributed by atoms with Crippen molar-refractivity contribution in [2.75, 3.05) is 50.7 Å². The maximum atomic E-state index is 13.1. The monoisotopic (exact) mass is 382 g/mol. The predicted octanol–water partition coefficient (Wildman–Crippen LogP) is 2.85. The second kappa shape index (κ2) is 8.19. The van der Waals surface area contributed by atoms with Gasteiger partial charge in [0.25, 0.3) is 5.91 Å². The molecule has 6 heteroatoms. The third-order valence-corrected chi connectivity index (χ3v) is 5.59. The number of benzene rings is 1. The molecule has 28 heavy (non-hydrogen) atoms. The van der Waals surface area contributed by atoms with E-state index in [9.17, 15) is 9.18 Å². The summed E-state index contributed by atoms with van der Waals surface area (Å²) in [6, 6.07) is 6.74. The first-order valence-corrected chi connectivity index (χ1v) is 9.95. The van der Waals surface area contributed by atoms with Crippen LogP contribution in [0.5, 0.6) is 0 Å². The molecule has 3 heterocycles. The Labute approximate surface area is 165 Å². The van der Waals surface area contributed by atoms with Crippen LogP contribution in [-0.4, -0.2) is 66.1 Å². The van der Waals surface area contributed by atoms with Gasteiger partial charge in [-0.2, -0.15) is 0 Å². The molecule has 2 aliphatic heterocycles. The number of anilines is 1. The van der Waals surface area contributed by atoms with E-state index in [0.29, 0.717) is 6.54 Å². The maximum absolute atomic E-state index is 13.1. The Hall–Kier alpha value is -2.60. The highest BCUT2D eigenvalue weighted by Gasteiger charge is 2.22. The first-order valence-electron chi connectivity index (χ1n) is 9.95. The van der Waals surface area contributed by atoms with Gasteiger partial charge in [0, 0.05) is 70.0 Å². The summed E-state index contributed by atoms with van der Waals surface area (Å²) in [6.45, 7) is 6.33.